The van der Waals surface area contributed by atoms with Gasteiger partial charge in [0, 0.05) is 10.6 Å². The van der Waals surface area contributed by atoms with E-state index in [1.807, 2.05) is 49.4 Å². The lowest BCUT2D eigenvalue weighted by molar-refractivity contribution is 0.0696. The molecule has 0 saturated carbocycles. The van der Waals surface area contributed by atoms with Crippen LogP contribution in [-0.4, -0.2) is 11.1 Å². The van der Waals surface area contributed by atoms with Gasteiger partial charge in [0.2, 0.25) is 0 Å². The first-order valence-electron chi connectivity index (χ1n) is 5.67. The van der Waals surface area contributed by atoms with Crippen LogP contribution in [0.1, 0.15) is 21.5 Å². The fraction of sp³-hybridized carbons (Fsp3) is 0.133. The van der Waals surface area contributed by atoms with E-state index in [0.717, 1.165) is 16.0 Å². The third kappa shape index (κ3) is 3.14. The van der Waals surface area contributed by atoms with Crippen LogP contribution in [0.4, 0.5) is 0 Å². The number of rotatable bonds is 4. The van der Waals surface area contributed by atoms with Crippen LogP contribution in [0.2, 0.25) is 0 Å². The molecule has 0 bridgehead atoms. The molecule has 0 aliphatic carbocycles. The molecular weight excluding hydrogens is 244 g/mol. The summed E-state index contributed by atoms with van der Waals surface area (Å²) >= 11 is 1.65. The molecule has 18 heavy (non-hydrogen) atoms. The van der Waals surface area contributed by atoms with Gasteiger partial charge in [-0.15, -0.1) is 11.8 Å². The van der Waals surface area contributed by atoms with Gasteiger partial charge in [-0.05, 0) is 30.7 Å². The summed E-state index contributed by atoms with van der Waals surface area (Å²) in [5, 5.41) is 9.14. The van der Waals surface area contributed by atoms with Crippen molar-refractivity contribution in [3.63, 3.8) is 0 Å². The minimum absolute atomic E-state index is 0.393. The largest absolute Gasteiger partial charge is 0.478 e. The van der Waals surface area contributed by atoms with Crippen LogP contribution < -0.4 is 0 Å². The molecule has 0 fully saturated rings. The number of aryl methyl sites for hydroxylation is 1. The summed E-state index contributed by atoms with van der Waals surface area (Å²) in [6.07, 6.45) is 0. The summed E-state index contributed by atoms with van der Waals surface area (Å²) in [5.74, 6) is -0.188. The molecule has 0 saturated heterocycles. The van der Waals surface area contributed by atoms with E-state index < -0.39 is 5.97 Å². The Balaban J connectivity index is 2.18. The summed E-state index contributed by atoms with van der Waals surface area (Å²) in [5.41, 5.74) is 2.35. The van der Waals surface area contributed by atoms with Gasteiger partial charge in [0.25, 0.3) is 0 Å². The van der Waals surface area contributed by atoms with Gasteiger partial charge in [0.05, 0.1) is 5.56 Å². The van der Waals surface area contributed by atoms with Crippen molar-refractivity contribution in [2.75, 3.05) is 0 Å². The molecule has 3 heteroatoms. The lowest BCUT2D eigenvalue weighted by atomic mass is 10.1. The van der Waals surface area contributed by atoms with Crippen molar-refractivity contribution in [1.29, 1.82) is 0 Å². The highest BCUT2D eigenvalue weighted by Crippen LogP contribution is 2.24. The molecule has 0 radical (unpaired) electrons. The molecule has 0 aliphatic rings. The van der Waals surface area contributed by atoms with Crippen molar-refractivity contribution < 1.29 is 9.90 Å². The van der Waals surface area contributed by atoms with Gasteiger partial charge in [-0.1, -0.05) is 35.9 Å². The zero-order chi connectivity index (χ0) is 13.0. The highest BCUT2D eigenvalue weighted by atomic mass is 32.2. The number of aromatic carboxylic acids is 1. The number of thioether (sulfide) groups is 1. The van der Waals surface area contributed by atoms with Crippen molar-refractivity contribution in [3.8, 4) is 0 Å². The van der Waals surface area contributed by atoms with Crippen LogP contribution >= 0.6 is 11.8 Å². The van der Waals surface area contributed by atoms with Gasteiger partial charge in [0.15, 0.2) is 0 Å². The summed E-state index contributed by atoms with van der Waals surface area (Å²) in [7, 11) is 0. The van der Waals surface area contributed by atoms with Gasteiger partial charge in [-0.2, -0.15) is 0 Å². The fourth-order valence-electron chi connectivity index (χ4n) is 1.73. The normalized spacial score (nSPS) is 10.3. The topological polar surface area (TPSA) is 37.3 Å². The zero-order valence-electron chi connectivity index (χ0n) is 10.1. The van der Waals surface area contributed by atoms with E-state index in [-0.39, 0.29) is 0 Å². The number of hydrogen-bond acceptors (Lipinski definition) is 2. The smallest absolute Gasteiger partial charge is 0.335 e. The van der Waals surface area contributed by atoms with E-state index in [0.29, 0.717) is 11.3 Å². The van der Waals surface area contributed by atoms with Gasteiger partial charge in [-0.3, -0.25) is 0 Å². The van der Waals surface area contributed by atoms with Crippen molar-refractivity contribution in [2.45, 2.75) is 17.6 Å². The van der Waals surface area contributed by atoms with Crippen molar-refractivity contribution in [3.05, 3.63) is 65.2 Å². The van der Waals surface area contributed by atoms with Crippen LogP contribution in [0.15, 0.2) is 53.4 Å². The summed E-state index contributed by atoms with van der Waals surface area (Å²) in [6.45, 7) is 1.97. The zero-order valence-corrected chi connectivity index (χ0v) is 10.9. The predicted octanol–water partition coefficient (Wildman–Crippen LogP) is 3.99. The minimum Gasteiger partial charge on any atom is -0.478 e. The van der Waals surface area contributed by atoms with E-state index in [9.17, 15) is 4.79 Å². The molecule has 0 heterocycles. The van der Waals surface area contributed by atoms with Gasteiger partial charge in [0.1, 0.15) is 0 Å². The minimum atomic E-state index is -0.862. The highest BCUT2D eigenvalue weighted by molar-refractivity contribution is 7.98. The van der Waals surface area contributed by atoms with E-state index in [1.54, 1.807) is 17.8 Å². The highest BCUT2D eigenvalue weighted by Gasteiger charge is 2.10. The van der Waals surface area contributed by atoms with Crippen LogP contribution in [0.5, 0.6) is 0 Å². The van der Waals surface area contributed by atoms with Gasteiger partial charge >= 0.3 is 5.97 Å². The van der Waals surface area contributed by atoms with Crippen LogP contribution in [0.25, 0.3) is 0 Å². The quantitative estimate of drug-likeness (QED) is 0.843. The molecule has 0 atom stereocenters. The molecule has 0 aromatic heterocycles. The van der Waals surface area contributed by atoms with E-state index in [2.05, 4.69) is 0 Å². The fourth-order valence-corrected chi connectivity index (χ4v) is 2.64. The van der Waals surface area contributed by atoms with Gasteiger partial charge in [-0.25, -0.2) is 4.79 Å². The summed E-state index contributed by atoms with van der Waals surface area (Å²) < 4.78 is 0. The lowest BCUT2D eigenvalue weighted by Gasteiger charge is -2.07. The van der Waals surface area contributed by atoms with Crippen LogP contribution in [-0.2, 0) is 5.75 Å². The Morgan fingerprint density at radius 1 is 1.17 bits per heavy atom. The predicted molar refractivity (Wildman–Crippen MR) is 74.1 cm³/mol. The summed E-state index contributed by atoms with van der Waals surface area (Å²) in [4.78, 5) is 12.3. The second kappa shape index (κ2) is 5.74. The molecule has 1 N–H and O–H groups in total. The Kier molecular flexibility index (Phi) is 4.05. The standard InChI is InChI=1S/C15H14O2S/c1-11-7-8-14(15(16)17)12(9-11)10-18-13-5-3-2-4-6-13/h2-9H,10H2,1H3,(H,16,17). The average Bonchev–Trinajstić information content (AvgIpc) is 2.37. The summed E-state index contributed by atoms with van der Waals surface area (Å²) in [6, 6.07) is 15.5. The Morgan fingerprint density at radius 2 is 1.89 bits per heavy atom. The molecule has 0 aliphatic heterocycles. The number of benzene rings is 2. The molecule has 92 valence electrons. The maximum absolute atomic E-state index is 11.1. The molecule has 2 aromatic carbocycles. The maximum Gasteiger partial charge on any atom is 0.335 e. The van der Waals surface area contributed by atoms with Gasteiger partial charge < -0.3 is 5.11 Å². The first-order valence-corrected chi connectivity index (χ1v) is 6.66. The Labute approximate surface area is 111 Å². The second-order valence-corrected chi connectivity index (χ2v) is 5.12. The first kappa shape index (κ1) is 12.7. The molecular formula is C15H14O2S. The molecule has 0 spiro atoms. The van der Waals surface area contributed by atoms with Crippen LogP contribution in [0.3, 0.4) is 0 Å². The molecule has 0 unspecified atom stereocenters. The number of hydrogen-bond donors (Lipinski definition) is 1. The molecule has 2 rings (SSSR count). The van der Waals surface area contributed by atoms with E-state index >= 15 is 0 Å². The van der Waals surface area contributed by atoms with E-state index in [1.165, 1.54) is 0 Å². The number of carboxylic acids is 1. The van der Waals surface area contributed by atoms with Crippen molar-refractivity contribution >= 4 is 17.7 Å². The Bertz CT molecular complexity index is 550. The lowest BCUT2D eigenvalue weighted by Crippen LogP contribution is -2.01. The average molecular weight is 258 g/mol. The monoisotopic (exact) mass is 258 g/mol. The molecule has 2 nitrogen and oxygen atoms in total. The Hall–Kier alpha value is -1.74. The molecule has 2 aromatic rings. The third-order valence-corrected chi connectivity index (χ3v) is 3.69. The van der Waals surface area contributed by atoms with Crippen LogP contribution in [0, 0.1) is 6.92 Å². The number of carbonyl (C=O) groups is 1. The Morgan fingerprint density at radius 3 is 2.56 bits per heavy atom. The second-order valence-electron chi connectivity index (χ2n) is 4.07. The third-order valence-electron chi connectivity index (χ3n) is 2.63. The first-order chi connectivity index (χ1) is 8.66. The maximum atomic E-state index is 11.1. The SMILES string of the molecule is Cc1ccc(C(=O)O)c(CSc2ccccc2)c1. The van der Waals surface area contributed by atoms with Crippen molar-refractivity contribution in [2.24, 2.45) is 0 Å². The molecule has 0 amide bonds. The number of carboxylic acid groups (broad SMARTS) is 1. The van der Waals surface area contributed by atoms with E-state index in [4.69, 9.17) is 5.11 Å². The van der Waals surface area contributed by atoms with Crippen molar-refractivity contribution in [1.82, 2.24) is 0 Å².